The second-order valence-electron chi connectivity index (χ2n) is 5.50. The maximum atomic E-state index is 12.5. The molecular formula is C17H14I2N2O2. The fourth-order valence-corrected chi connectivity index (χ4v) is 2.97. The molecule has 118 valence electrons. The first kappa shape index (κ1) is 16.7. The molecule has 0 heterocycles. The van der Waals surface area contributed by atoms with Crippen molar-refractivity contribution in [2.75, 3.05) is 10.6 Å². The summed E-state index contributed by atoms with van der Waals surface area (Å²) in [6.45, 7) is 0. The van der Waals surface area contributed by atoms with Gasteiger partial charge in [0, 0.05) is 18.5 Å². The van der Waals surface area contributed by atoms with E-state index >= 15 is 0 Å². The standard InChI is InChI=1S/C17H14I2N2O2/c18-11-1-5-13(6-2-11)20-15(22)17(9-10-17)16(23)21-14-7-3-12(19)4-8-14/h1-8H,9-10H2,(H,20,22)(H,21,23). The summed E-state index contributed by atoms with van der Waals surface area (Å²) in [7, 11) is 0. The molecule has 4 nitrogen and oxygen atoms in total. The summed E-state index contributed by atoms with van der Waals surface area (Å²) < 4.78 is 2.19. The van der Waals surface area contributed by atoms with Gasteiger partial charge < -0.3 is 10.6 Å². The van der Waals surface area contributed by atoms with Crippen LogP contribution in [-0.2, 0) is 9.59 Å². The molecule has 1 aliphatic rings. The quantitative estimate of drug-likeness (QED) is 0.458. The third-order valence-electron chi connectivity index (χ3n) is 3.82. The van der Waals surface area contributed by atoms with E-state index in [1.807, 2.05) is 48.5 Å². The van der Waals surface area contributed by atoms with E-state index in [1.165, 1.54) is 0 Å². The lowest BCUT2D eigenvalue weighted by molar-refractivity contribution is -0.131. The number of benzene rings is 2. The molecule has 0 atom stereocenters. The molecule has 0 saturated heterocycles. The molecule has 2 N–H and O–H groups in total. The number of carbonyl (C=O) groups is 2. The van der Waals surface area contributed by atoms with Gasteiger partial charge in [-0.1, -0.05) is 0 Å². The van der Waals surface area contributed by atoms with Crippen LogP contribution >= 0.6 is 45.2 Å². The molecule has 0 bridgehead atoms. The second-order valence-corrected chi connectivity index (χ2v) is 8.00. The van der Waals surface area contributed by atoms with Crippen molar-refractivity contribution in [3.05, 3.63) is 55.7 Å². The lowest BCUT2D eigenvalue weighted by atomic mass is 10.0. The van der Waals surface area contributed by atoms with E-state index in [0.29, 0.717) is 24.2 Å². The first-order valence-electron chi connectivity index (χ1n) is 7.14. The Bertz CT molecular complexity index is 677. The Morgan fingerprint density at radius 2 is 1.09 bits per heavy atom. The molecule has 1 saturated carbocycles. The predicted octanol–water partition coefficient (Wildman–Crippen LogP) is 4.25. The van der Waals surface area contributed by atoms with E-state index in [9.17, 15) is 9.59 Å². The molecule has 2 aromatic rings. The van der Waals surface area contributed by atoms with Gasteiger partial charge >= 0.3 is 0 Å². The van der Waals surface area contributed by atoms with Crippen LogP contribution in [0.2, 0.25) is 0 Å². The van der Waals surface area contributed by atoms with Gasteiger partial charge in [-0.05, 0) is 107 Å². The molecular weight excluding hydrogens is 518 g/mol. The summed E-state index contributed by atoms with van der Waals surface area (Å²) in [6.07, 6.45) is 1.17. The lowest BCUT2D eigenvalue weighted by Gasteiger charge is -2.15. The summed E-state index contributed by atoms with van der Waals surface area (Å²) in [6, 6.07) is 15.0. The zero-order valence-electron chi connectivity index (χ0n) is 12.1. The fourth-order valence-electron chi connectivity index (χ4n) is 2.25. The highest BCUT2D eigenvalue weighted by Crippen LogP contribution is 2.47. The fraction of sp³-hybridized carbons (Fsp3) is 0.176. The maximum Gasteiger partial charge on any atom is 0.240 e. The van der Waals surface area contributed by atoms with Crippen molar-refractivity contribution in [3.8, 4) is 0 Å². The van der Waals surface area contributed by atoms with Crippen molar-refractivity contribution in [1.29, 1.82) is 0 Å². The number of halogens is 2. The first-order chi connectivity index (χ1) is 11.0. The molecule has 6 heteroatoms. The maximum absolute atomic E-state index is 12.5. The Kier molecular flexibility index (Phi) is 4.90. The molecule has 1 fully saturated rings. The van der Waals surface area contributed by atoms with E-state index in [2.05, 4.69) is 55.8 Å². The van der Waals surface area contributed by atoms with Gasteiger partial charge in [-0.25, -0.2) is 0 Å². The molecule has 23 heavy (non-hydrogen) atoms. The van der Waals surface area contributed by atoms with Crippen molar-refractivity contribution < 1.29 is 9.59 Å². The van der Waals surface area contributed by atoms with Crippen molar-refractivity contribution >= 4 is 68.4 Å². The first-order valence-corrected chi connectivity index (χ1v) is 9.29. The minimum absolute atomic E-state index is 0.235. The van der Waals surface area contributed by atoms with Crippen LogP contribution in [0.25, 0.3) is 0 Å². The van der Waals surface area contributed by atoms with Crippen LogP contribution in [0.5, 0.6) is 0 Å². The van der Waals surface area contributed by atoms with Gasteiger partial charge in [0.15, 0.2) is 0 Å². The number of anilines is 2. The average Bonchev–Trinajstić information content (AvgIpc) is 3.34. The van der Waals surface area contributed by atoms with Gasteiger partial charge in [-0.3, -0.25) is 9.59 Å². The van der Waals surface area contributed by atoms with Crippen LogP contribution in [0.1, 0.15) is 12.8 Å². The van der Waals surface area contributed by atoms with Crippen LogP contribution in [0.4, 0.5) is 11.4 Å². The summed E-state index contributed by atoms with van der Waals surface area (Å²) in [4.78, 5) is 25.0. The Morgan fingerprint density at radius 1 is 0.739 bits per heavy atom. The van der Waals surface area contributed by atoms with Crippen LogP contribution in [0.3, 0.4) is 0 Å². The van der Waals surface area contributed by atoms with Crippen molar-refractivity contribution in [2.45, 2.75) is 12.8 Å². The molecule has 0 spiro atoms. The number of nitrogens with one attached hydrogen (secondary N) is 2. The second kappa shape index (κ2) is 6.76. The topological polar surface area (TPSA) is 58.2 Å². The third-order valence-corrected chi connectivity index (χ3v) is 5.26. The minimum Gasteiger partial charge on any atom is -0.325 e. The van der Waals surface area contributed by atoms with Gasteiger partial charge in [0.2, 0.25) is 11.8 Å². The van der Waals surface area contributed by atoms with Gasteiger partial charge in [-0.2, -0.15) is 0 Å². The molecule has 0 aliphatic heterocycles. The Hall–Kier alpha value is -1.16. The van der Waals surface area contributed by atoms with E-state index in [4.69, 9.17) is 0 Å². The largest absolute Gasteiger partial charge is 0.325 e. The molecule has 0 aromatic heterocycles. The van der Waals surface area contributed by atoms with Crippen molar-refractivity contribution in [3.63, 3.8) is 0 Å². The predicted molar refractivity (Wildman–Crippen MR) is 107 cm³/mol. The number of rotatable bonds is 4. The summed E-state index contributed by atoms with van der Waals surface area (Å²) in [5.74, 6) is -0.469. The number of hydrogen-bond donors (Lipinski definition) is 2. The molecule has 1 aliphatic carbocycles. The summed E-state index contributed by atoms with van der Waals surface area (Å²) in [5, 5.41) is 5.69. The summed E-state index contributed by atoms with van der Waals surface area (Å²) in [5.41, 5.74) is 0.485. The van der Waals surface area contributed by atoms with E-state index in [0.717, 1.165) is 7.14 Å². The van der Waals surface area contributed by atoms with Gasteiger partial charge in [0.05, 0.1) is 0 Å². The average molecular weight is 532 g/mol. The molecule has 0 radical (unpaired) electrons. The normalized spacial score (nSPS) is 14.9. The number of carbonyl (C=O) groups excluding carboxylic acids is 2. The third kappa shape index (κ3) is 3.85. The minimum atomic E-state index is -0.938. The zero-order chi connectivity index (χ0) is 16.4. The van der Waals surface area contributed by atoms with Crippen LogP contribution in [0.15, 0.2) is 48.5 Å². The SMILES string of the molecule is O=C(Nc1ccc(I)cc1)C1(C(=O)Nc2ccc(I)cc2)CC1. The van der Waals surface area contributed by atoms with Crippen molar-refractivity contribution in [1.82, 2.24) is 0 Å². The highest BCUT2D eigenvalue weighted by molar-refractivity contribution is 14.1. The van der Waals surface area contributed by atoms with E-state index in [1.54, 1.807) is 0 Å². The smallest absolute Gasteiger partial charge is 0.240 e. The number of amides is 2. The lowest BCUT2D eigenvalue weighted by Crippen LogP contribution is -2.35. The molecule has 0 unspecified atom stereocenters. The molecule has 2 amide bonds. The number of hydrogen-bond acceptors (Lipinski definition) is 2. The zero-order valence-corrected chi connectivity index (χ0v) is 16.4. The van der Waals surface area contributed by atoms with Gasteiger partial charge in [-0.15, -0.1) is 0 Å². The highest BCUT2D eigenvalue weighted by atomic mass is 127. The van der Waals surface area contributed by atoms with E-state index in [-0.39, 0.29) is 11.8 Å². The Morgan fingerprint density at radius 3 is 1.39 bits per heavy atom. The highest BCUT2D eigenvalue weighted by Gasteiger charge is 2.56. The van der Waals surface area contributed by atoms with Gasteiger partial charge in [0.25, 0.3) is 0 Å². The monoisotopic (exact) mass is 532 g/mol. The van der Waals surface area contributed by atoms with Crippen LogP contribution in [0, 0.1) is 12.6 Å². The van der Waals surface area contributed by atoms with E-state index < -0.39 is 5.41 Å². The summed E-state index contributed by atoms with van der Waals surface area (Å²) >= 11 is 4.41. The Labute approximate surface area is 161 Å². The van der Waals surface area contributed by atoms with Crippen molar-refractivity contribution in [2.24, 2.45) is 5.41 Å². The van der Waals surface area contributed by atoms with Crippen LogP contribution < -0.4 is 10.6 Å². The Balaban J connectivity index is 1.68. The van der Waals surface area contributed by atoms with Crippen LogP contribution in [-0.4, -0.2) is 11.8 Å². The molecule has 2 aromatic carbocycles. The van der Waals surface area contributed by atoms with Gasteiger partial charge in [0.1, 0.15) is 5.41 Å². The molecule has 3 rings (SSSR count).